The molecule has 0 spiro atoms. The van der Waals surface area contributed by atoms with Gasteiger partial charge in [0.05, 0.1) is 12.1 Å². The number of rotatable bonds is 8. The van der Waals surface area contributed by atoms with Crippen LogP contribution in [-0.4, -0.2) is 49.4 Å². The molecule has 8 nitrogen and oxygen atoms in total. The summed E-state index contributed by atoms with van der Waals surface area (Å²) in [5, 5.41) is 14.4. The first-order chi connectivity index (χ1) is 16.9. The predicted molar refractivity (Wildman–Crippen MR) is 131 cm³/mol. The lowest BCUT2D eigenvalue weighted by atomic mass is 9.98. The van der Waals surface area contributed by atoms with Gasteiger partial charge < -0.3 is 25.2 Å². The lowest BCUT2D eigenvalue weighted by Gasteiger charge is -2.18. The summed E-state index contributed by atoms with van der Waals surface area (Å²) in [6, 6.07) is 20.5. The third-order valence-electron chi connectivity index (χ3n) is 6.09. The third-order valence-corrected chi connectivity index (χ3v) is 6.09. The van der Waals surface area contributed by atoms with E-state index in [2.05, 4.69) is 22.8 Å². The maximum atomic E-state index is 12.7. The van der Waals surface area contributed by atoms with Gasteiger partial charge in [0.1, 0.15) is 6.61 Å². The molecule has 0 radical (unpaired) electrons. The Bertz CT molecular complexity index is 1230. The molecule has 0 saturated heterocycles. The summed E-state index contributed by atoms with van der Waals surface area (Å²) in [6.45, 7) is 1.79. The van der Waals surface area contributed by atoms with E-state index >= 15 is 0 Å². The van der Waals surface area contributed by atoms with Crippen molar-refractivity contribution in [2.24, 2.45) is 0 Å². The summed E-state index contributed by atoms with van der Waals surface area (Å²) in [4.78, 5) is 36.3. The standard InChI is InChI=1S/C27H26N2O6/c1-16-11-12-17(26(31)32)13-23(16)29-25(30)24(34-2)14-28-27(33)35-15-22-20-9-5-3-7-18(20)19-8-4-6-10-21(19)22/h3-13,22,24H,14-15H2,1-2H3,(H,28,33)(H,29,30)(H,31,32). The van der Waals surface area contributed by atoms with Crippen molar-refractivity contribution in [3.8, 4) is 11.1 Å². The first-order valence-electron chi connectivity index (χ1n) is 11.2. The third kappa shape index (κ3) is 5.17. The number of aromatic carboxylic acids is 1. The van der Waals surface area contributed by atoms with E-state index in [1.165, 1.54) is 19.2 Å². The van der Waals surface area contributed by atoms with Crippen LogP contribution in [0.15, 0.2) is 66.7 Å². The second-order valence-corrected chi connectivity index (χ2v) is 8.25. The molecule has 0 fully saturated rings. The van der Waals surface area contributed by atoms with Gasteiger partial charge in [-0.05, 0) is 46.9 Å². The Morgan fingerprint density at radius 3 is 2.20 bits per heavy atom. The summed E-state index contributed by atoms with van der Waals surface area (Å²) in [6.07, 6.45) is -1.66. The molecule has 0 aromatic heterocycles. The number of carbonyl (C=O) groups is 3. The number of aryl methyl sites for hydroxylation is 1. The van der Waals surface area contributed by atoms with Crippen LogP contribution < -0.4 is 10.6 Å². The number of carbonyl (C=O) groups excluding carboxylic acids is 2. The van der Waals surface area contributed by atoms with Crippen molar-refractivity contribution in [2.45, 2.75) is 18.9 Å². The number of ether oxygens (including phenoxy) is 2. The molecule has 3 aromatic rings. The fourth-order valence-electron chi connectivity index (χ4n) is 4.21. The Labute approximate surface area is 202 Å². The summed E-state index contributed by atoms with van der Waals surface area (Å²) in [7, 11) is 1.35. The van der Waals surface area contributed by atoms with Gasteiger partial charge in [0.2, 0.25) is 0 Å². The van der Waals surface area contributed by atoms with Crippen molar-refractivity contribution in [1.82, 2.24) is 5.32 Å². The second kappa shape index (κ2) is 10.4. The topological polar surface area (TPSA) is 114 Å². The maximum Gasteiger partial charge on any atom is 0.407 e. The highest BCUT2D eigenvalue weighted by atomic mass is 16.5. The molecule has 0 heterocycles. The molecule has 180 valence electrons. The van der Waals surface area contributed by atoms with Crippen LogP contribution in [0, 0.1) is 6.92 Å². The molecule has 2 amide bonds. The monoisotopic (exact) mass is 474 g/mol. The molecule has 0 aliphatic heterocycles. The van der Waals surface area contributed by atoms with E-state index < -0.39 is 24.1 Å². The minimum atomic E-state index is -1.10. The van der Waals surface area contributed by atoms with E-state index in [4.69, 9.17) is 9.47 Å². The number of methoxy groups -OCH3 is 1. The Hall–Kier alpha value is -4.17. The molecule has 3 aromatic carbocycles. The van der Waals surface area contributed by atoms with E-state index in [0.717, 1.165) is 22.3 Å². The molecule has 1 aliphatic rings. The largest absolute Gasteiger partial charge is 0.478 e. The predicted octanol–water partition coefficient (Wildman–Crippen LogP) is 4.19. The van der Waals surface area contributed by atoms with Crippen LogP contribution in [0.2, 0.25) is 0 Å². The number of anilines is 1. The highest BCUT2D eigenvalue weighted by Crippen LogP contribution is 2.44. The molecule has 1 atom stereocenters. The first-order valence-corrected chi connectivity index (χ1v) is 11.2. The maximum absolute atomic E-state index is 12.7. The summed E-state index contributed by atoms with van der Waals surface area (Å²) in [5.74, 6) is -1.68. The fourth-order valence-corrected chi connectivity index (χ4v) is 4.21. The van der Waals surface area contributed by atoms with E-state index in [9.17, 15) is 19.5 Å². The molecule has 0 saturated carbocycles. The van der Waals surface area contributed by atoms with Crippen LogP contribution in [0.4, 0.5) is 10.5 Å². The Kier molecular flexibility index (Phi) is 7.12. The SMILES string of the molecule is COC(CNC(=O)OCC1c2ccccc2-c2ccccc21)C(=O)Nc1cc(C(=O)O)ccc1C. The zero-order valence-corrected chi connectivity index (χ0v) is 19.4. The second-order valence-electron chi connectivity index (χ2n) is 8.25. The van der Waals surface area contributed by atoms with Gasteiger partial charge in [-0.2, -0.15) is 0 Å². The summed E-state index contributed by atoms with van der Waals surface area (Å²) >= 11 is 0. The van der Waals surface area contributed by atoms with Gasteiger partial charge in [0.15, 0.2) is 6.10 Å². The minimum Gasteiger partial charge on any atom is -0.478 e. The average molecular weight is 475 g/mol. The zero-order chi connectivity index (χ0) is 24.9. The van der Waals surface area contributed by atoms with Crippen LogP contribution >= 0.6 is 0 Å². The van der Waals surface area contributed by atoms with Crippen LogP contribution in [0.3, 0.4) is 0 Å². The van der Waals surface area contributed by atoms with Gasteiger partial charge in [0.25, 0.3) is 5.91 Å². The molecule has 0 bridgehead atoms. The number of hydrogen-bond acceptors (Lipinski definition) is 5. The van der Waals surface area contributed by atoms with Crippen molar-refractivity contribution in [3.05, 3.63) is 89.0 Å². The van der Waals surface area contributed by atoms with Crippen molar-refractivity contribution >= 4 is 23.7 Å². The van der Waals surface area contributed by atoms with Gasteiger partial charge in [-0.15, -0.1) is 0 Å². The van der Waals surface area contributed by atoms with E-state index in [0.29, 0.717) is 11.3 Å². The number of fused-ring (bicyclic) bond motifs is 3. The van der Waals surface area contributed by atoms with E-state index in [1.54, 1.807) is 13.0 Å². The lowest BCUT2D eigenvalue weighted by molar-refractivity contribution is -0.125. The number of alkyl carbamates (subject to hydrolysis) is 1. The molecular formula is C27H26N2O6. The van der Waals surface area contributed by atoms with Crippen molar-refractivity contribution in [1.29, 1.82) is 0 Å². The van der Waals surface area contributed by atoms with Gasteiger partial charge in [-0.3, -0.25) is 4.79 Å². The van der Waals surface area contributed by atoms with Crippen LogP contribution in [0.5, 0.6) is 0 Å². The molecule has 1 unspecified atom stereocenters. The van der Waals surface area contributed by atoms with E-state index in [1.807, 2.05) is 36.4 Å². The van der Waals surface area contributed by atoms with Gasteiger partial charge in [0, 0.05) is 18.7 Å². The quantitative estimate of drug-likeness (QED) is 0.451. The smallest absolute Gasteiger partial charge is 0.407 e. The van der Waals surface area contributed by atoms with Crippen molar-refractivity contribution in [3.63, 3.8) is 0 Å². The summed E-state index contributed by atoms with van der Waals surface area (Å²) in [5.41, 5.74) is 5.59. The number of hydrogen-bond donors (Lipinski definition) is 3. The normalized spacial score (nSPS) is 12.9. The highest BCUT2D eigenvalue weighted by Gasteiger charge is 2.29. The molecule has 1 aliphatic carbocycles. The summed E-state index contributed by atoms with van der Waals surface area (Å²) < 4.78 is 10.7. The molecular weight excluding hydrogens is 448 g/mol. The Morgan fingerprint density at radius 2 is 1.60 bits per heavy atom. The van der Waals surface area contributed by atoms with Gasteiger partial charge >= 0.3 is 12.1 Å². The van der Waals surface area contributed by atoms with Gasteiger partial charge in [-0.1, -0.05) is 54.6 Å². The molecule has 35 heavy (non-hydrogen) atoms. The molecule has 8 heteroatoms. The Balaban J connectivity index is 1.34. The average Bonchev–Trinajstić information content (AvgIpc) is 3.18. The zero-order valence-electron chi connectivity index (χ0n) is 19.4. The first kappa shape index (κ1) is 24.0. The lowest BCUT2D eigenvalue weighted by Crippen LogP contribution is -2.41. The van der Waals surface area contributed by atoms with Gasteiger partial charge in [-0.25, -0.2) is 9.59 Å². The van der Waals surface area contributed by atoms with E-state index in [-0.39, 0.29) is 24.6 Å². The number of nitrogens with one attached hydrogen (secondary N) is 2. The Morgan fingerprint density at radius 1 is 0.971 bits per heavy atom. The van der Waals surface area contributed by atoms with Crippen molar-refractivity contribution < 1.29 is 29.0 Å². The number of benzene rings is 3. The van der Waals surface area contributed by atoms with Crippen LogP contribution in [0.1, 0.15) is 33.0 Å². The highest BCUT2D eigenvalue weighted by molar-refractivity contribution is 5.97. The molecule has 3 N–H and O–H groups in total. The number of amides is 2. The van der Waals surface area contributed by atoms with Crippen molar-refractivity contribution in [2.75, 3.05) is 25.6 Å². The fraction of sp³-hybridized carbons (Fsp3) is 0.222. The number of carboxylic acid groups (broad SMARTS) is 1. The number of carboxylic acids is 1. The van der Waals surface area contributed by atoms with Crippen LogP contribution in [0.25, 0.3) is 11.1 Å². The molecule has 4 rings (SSSR count). The minimum absolute atomic E-state index is 0.0524. The van der Waals surface area contributed by atoms with Crippen LogP contribution in [-0.2, 0) is 14.3 Å².